The van der Waals surface area contributed by atoms with E-state index in [1.54, 1.807) is 24.3 Å². The number of aromatic hydroxyl groups is 2. The molecule has 2 N–H and O–H groups in total. The van der Waals surface area contributed by atoms with E-state index >= 15 is 0 Å². The van der Waals surface area contributed by atoms with E-state index in [9.17, 15) is 10.2 Å². The predicted octanol–water partition coefficient (Wildman–Crippen LogP) is 5.73. The lowest BCUT2D eigenvalue weighted by atomic mass is 9.82. The molecule has 0 amide bonds. The largest absolute Gasteiger partial charge is 0.508 e. The Kier molecular flexibility index (Phi) is 7.17. The minimum Gasteiger partial charge on any atom is -0.508 e. The van der Waals surface area contributed by atoms with E-state index in [1.165, 1.54) is 56.3 Å². The Labute approximate surface area is 203 Å². The monoisotopic (exact) mass is 456 g/mol. The molecule has 0 spiro atoms. The van der Waals surface area contributed by atoms with Gasteiger partial charge in [-0.15, -0.1) is 0 Å². The first-order valence-corrected chi connectivity index (χ1v) is 12.8. The Morgan fingerprint density at radius 3 is 1.82 bits per heavy atom. The summed E-state index contributed by atoms with van der Waals surface area (Å²) in [5, 5.41) is 19.7. The normalized spacial score (nSPS) is 18.4. The molecule has 2 saturated heterocycles. The van der Waals surface area contributed by atoms with Gasteiger partial charge in [-0.3, -0.25) is 4.90 Å². The minimum atomic E-state index is 0.0447. The van der Waals surface area contributed by atoms with Gasteiger partial charge in [0.05, 0.1) is 0 Å². The third kappa shape index (κ3) is 5.29. The zero-order valence-corrected chi connectivity index (χ0v) is 19.9. The average molecular weight is 457 g/mol. The summed E-state index contributed by atoms with van der Waals surface area (Å²) in [7, 11) is 0. The minimum absolute atomic E-state index is 0.0447. The zero-order valence-electron chi connectivity index (χ0n) is 19.9. The highest BCUT2D eigenvalue weighted by molar-refractivity contribution is 5.48. The fraction of sp³-hybridized carbons (Fsp3) is 0.400. The highest BCUT2D eigenvalue weighted by Crippen LogP contribution is 2.36. The van der Waals surface area contributed by atoms with Gasteiger partial charge >= 0.3 is 0 Å². The van der Waals surface area contributed by atoms with Gasteiger partial charge in [-0.25, -0.2) is 0 Å². The number of hydrogen-bond donors (Lipinski definition) is 2. The van der Waals surface area contributed by atoms with E-state index < -0.39 is 0 Å². The Morgan fingerprint density at radius 2 is 1.24 bits per heavy atom. The second kappa shape index (κ2) is 10.6. The molecule has 3 aromatic carbocycles. The van der Waals surface area contributed by atoms with Crippen molar-refractivity contribution in [3.63, 3.8) is 0 Å². The Balaban J connectivity index is 1.38. The van der Waals surface area contributed by atoms with Gasteiger partial charge in [-0.05, 0) is 98.4 Å². The smallest absolute Gasteiger partial charge is 0.115 e. The second-order valence-electron chi connectivity index (χ2n) is 9.92. The van der Waals surface area contributed by atoms with E-state index in [0.29, 0.717) is 0 Å². The number of benzene rings is 3. The molecule has 0 unspecified atom stereocenters. The zero-order chi connectivity index (χ0) is 23.3. The Hall–Kier alpha value is -2.82. The highest BCUT2D eigenvalue weighted by atomic mass is 16.3. The number of hydrogen-bond acceptors (Lipinski definition) is 4. The van der Waals surface area contributed by atoms with E-state index in [-0.39, 0.29) is 17.4 Å². The molecule has 3 aromatic rings. The maximum atomic E-state index is 9.86. The van der Waals surface area contributed by atoms with Gasteiger partial charge in [0.25, 0.3) is 0 Å². The molecule has 0 radical (unpaired) electrons. The van der Waals surface area contributed by atoms with E-state index in [1.807, 2.05) is 24.3 Å². The lowest BCUT2D eigenvalue weighted by molar-refractivity contribution is 0.0895. The van der Waals surface area contributed by atoms with Gasteiger partial charge < -0.3 is 15.1 Å². The predicted molar refractivity (Wildman–Crippen MR) is 137 cm³/mol. The van der Waals surface area contributed by atoms with Gasteiger partial charge in [0.15, 0.2) is 0 Å². The summed E-state index contributed by atoms with van der Waals surface area (Å²) in [5.74, 6) is 0.597. The maximum Gasteiger partial charge on any atom is 0.115 e. The summed E-state index contributed by atoms with van der Waals surface area (Å²) in [6.45, 7) is 5.83. The molecule has 0 saturated carbocycles. The first-order valence-electron chi connectivity index (χ1n) is 12.8. The number of likely N-dealkylation sites (tertiary alicyclic amines) is 2. The van der Waals surface area contributed by atoms with Crippen LogP contribution in [0.15, 0.2) is 72.8 Å². The molecule has 4 heteroatoms. The van der Waals surface area contributed by atoms with Crippen LogP contribution in [0.25, 0.3) is 0 Å². The van der Waals surface area contributed by atoms with Crippen LogP contribution in [-0.4, -0.2) is 52.2 Å². The van der Waals surface area contributed by atoms with Gasteiger partial charge in [0.2, 0.25) is 0 Å². The molecular weight excluding hydrogens is 420 g/mol. The van der Waals surface area contributed by atoms with Crippen molar-refractivity contribution in [3.05, 3.63) is 95.1 Å². The van der Waals surface area contributed by atoms with Crippen LogP contribution in [0.1, 0.15) is 60.3 Å². The molecule has 0 aromatic heterocycles. The van der Waals surface area contributed by atoms with Crippen LogP contribution < -0.4 is 0 Å². The van der Waals surface area contributed by atoms with Gasteiger partial charge in [-0.2, -0.15) is 0 Å². The van der Waals surface area contributed by atoms with Crippen molar-refractivity contribution in [1.82, 2.24) is 9.80 Å². The highest BCUT2D eigenvalue weighted by Gasteiger charge is 2.27. The summed E-state index contributed by atoms with van der Waals surface area (Å²) in [5.41, 5.74) is 4.92. The van der Waals surface area contributed by atoms with E-state index in [0.717, 1.165) is 36.8 Å². The van der Waals surface area contributed by atoms with Crippen LogP contribution in [0, 0.1) is 0 Å². The molecule has 4 nitrogen and oxygen atoms in total. The molecule has 2 aliphatic heterocycles. The van der Waals surface area contributed by atoms with Crippen LogP contribution in [0.3, 0.4) is 0 Å². The fourth-order valence-corrected chi connectivity index (χ4v) is 5.81. The number of phenols is 2. The number of phenolic OH excluding ortho intramolecular Hbond substituents is 2. The van der Waals surface area contributed by atoms with Gasteiger partial charge in [0, 0.05) is 18.5 Å². The summed E-state index contributed by atoms with van der Waals surface area (Å²) in [6, 6.07) is 24.6. The first kappa shape index (κ1) is 22.9. The summed E-state index contributed by atoms with van der Waals surface area (Å²) in [4.78, 5) is 5.35. The van der Waals surface area contributed by atoms with Crippen molar-refractivity contribution in [2.24, 2.45) is 0 Å². The van der Waals surface area contributed by atoms with Crippen molar-refractivity contribution in [2.75, 3.05) is 26.2 Å². The van der Waals surface area contributed by atoms with Crippen LogP contribution in [0.5, 0.6) is 11.5 Å². The standard InChI is InChI=1S/C30H36N2O2/c33-27-12-8-23(9-13-27)30(24-10-14-28(34)15-11-24)29-7-3-2-6-25(29)22-31-20-16-26(17-21-31)32-18-4-1-5-19-32/h2-3,6-15,26,30,33-34H,1,4-5,16-22H2. The molecule has 178 valence electrons. The molecule has 2 aliphatic rings. The van der Waals surface area contributed by atoms with Crippen molar-refractivity contribution in [3.8, 4) is 11.5 Å². The third-order valence-corrected chi connectivity index (χ3v) is 7.68. The van der Waals surface area contributed by atoms with E-state index in [4.69, 9.17) is 0 Å². The molecule has 0 bridgehead atoms. The Bertz CT molecular complexity index is 1000. The van der Waals surface area contributed by atoms with Gasteiger partial charge in [0.1, 0.15) is 11.5 Å². The molecule has 0 aliphatic carbocycles. The quantitative estimate of drug-likeness (QED) is 0.465. The maximum absolute atomic E-state index is 9.86. The van der Waals surface area contributed by atoms with Gasteiger partial charge in [-0.1, -0.05) is 55.0 Å². The van der Waals surface area contributed by atoms with Crippen molar-refractivity contribution in [2.45, 2.75) is 50.6 Å². The molecule has 0 atom stereocenters. The lowest BCUT2D eigenvalue weighted by Gasteiger charge is -2.40. The second-order valence-corrected chi connectivity index (χ2v) is 9.92. The van der Waals surface area contributed by atoms with Crippen LogP contribution in [0.2, 0.25) is 0 Å². The average Bonchev–Trinajstić information content (AvgIpc) is 2.88. The SMILES string of the molecule is Oc1ccc(C(c2ccc(O)cc2)c2ccccc2CN2CCC(N3CCCCC3)CC2)cc1. The topological polar surface area (TPSA) is 46.9 Å². The molecule has 2 heterocycles. The van der Waals surface area contributed by atoms with Crippen molar-refractivity contribution in [1.29, 1.82) is 0 Å². The summed E-state index contributed by atoms with van der Waals surface area (Å²) >= 11 is 0. The fourth-order valence-electron chi connectivity index (χ4n) is 5.81. The lowest BCUT2D eigenvalue weighted by Crippen LogP contribution is -2.46. The van der Waals surface area contributed by atoms with Crippen molar-refractivity contribution < 1.29 is 10.2 Å². The number of rotatable bonds is 6. The van der Waals surface area contributed by atoms with Crippen LogP contribution >= 0.6 is 0 Å². The Morgan fingerprint density at radius 1 is 0.676 bits per heavy atom. The first-order chi connectivity index (χ1) is 16.7. The number of piperidine rings is 2. The van der Waals surface area contributed by atoms with Crippen LogP contribution in [0.4, 0.5) is 0 Å². The number of nitrogens with zero attached hydrogens (tertiary/aromatic N) is 2. The molecule has 2 fully saturated rings. The molecule has 5 rings (SSSR count). The van der Waals surface area contributed by atoms with Crippen molar-refractivity contribution >= 4 is 0 Å². The van der Waals surface area contributed by atoms with E-state index in [2.05, 4.69) is 34.1 Å². The van der Waals surface area contributed by atoms with Crippen LogP contribution in [-0.2, 0) is 6.54 Å². The summed E-state index contributed by atoms with van der Waals surface area (Å²) < 4.78 is 0. The third-order valence-electron chi connectivity index (χ3n) is 7.68. The summed E-state index contributed by atoms with van der Waals surface area (Å²) in [6.07, 6.45) is 6.66. The molecular formula is C30H36N2O2. The molecule has 34 heavy (non-hydrogen) atoms.